The summed E-state index contributed by atoms with van der Waals surface area (Å²) < 4.78 is 0. The second kappa shape index (κ2) is 5.51. The van der Waals surface area contributed by atoms with Crippen molar-refractivity contribution >= 4 is 23.2 Å². The predicted molar refractivity (Wildman–Crippen MR) is 73.9 cm³/mol. The van der Waals surface area contributed by atoms with E-state index in [1.165, 1.54) is 30.3 Å². The third-order valence-electron chi connectivity index (χ3n) is 2.51. The number of halogens is 1. The smallest absolute Gasteiger partial charge is 0.255 e. The van der Waals surface area contributed by atoms with Crippen LogP contribution in [0.4, 0.5) is 5.69 Å². The molecule has 20 heavy (non-hydrogen) atoms. The molecule has 3 N–H and O–H groups in total. The second-order valence-corrected chi connectivity index (χ2v) is 4.41. The van der Waals surface area contributed by atoms with Crippen LogP contribution in [0.25, 0.3) is 0 Å². The minimum absolute atomic E-state index is 0.0703. The zero-order valence-electron chi connectivity index (χ0n) is 10.1. The highest BCUT2D eigenvalue weighted by molar-refractivity contribution is 6.34. The highest BCUT2D eigenvalue weighted by Gasteiger charge is 2.11. The van der Waals surface area contributed by atoms with Gasteiger partial charge in [-0.3, -0.25) is 4.79 Å². The molecule has 0 aromatic heterocycles. The van der Waals surface area contributed by atoms with Gasteiger partial charge in [0.2, 0.25) is 0 Å². The van der Waals surface area contributed by atoms with Gasteiger partial charge in [0, 0.05) is 11.6 Å². The summed E-state index contributed by atoms with van der Waals surface area (Å²) >= 11 is 5.92. The standard InChI is InChI=1S/C14H9ClN2O3/c15-12-2-1-8(7-16)3-13(12)17-14(20)9-4-10(18)6-11(19)5-9/h1-6,18-19H,(H,17,20). The number of nitriles is 1. The van der Waals surface area contributed by atoms with Crippen LogP contribution >= 0.6 is 11.6 Å². The van der Waals surface area contributed by atoms with Crippen molar-refractivity contribution in [1.82, 2.24) is 0 Å². The number of amides is 1. The van der Waals surface area contributed by atoms with Gasteiger partial charge in [0.05, 0.1) is 22.3 Å². The molecular formula is C14H9ClN2O3. The number of rotatable bonds is 2. The van der Waals surface area contributed by atoms with Crippen LogP contribution in [0.2, 0.25) is 5.02 Å². The van der Waals surface area contributed by atoms with Crippen molar-refractivity contribution in [1.29, 1.82) is 5.26 Å². The highest BCUT2D eigenvalue weighted by atomic mass is 35.5. The van der Waals surface area contributed by atoms with Gasteiger partial charge >= 0.3 is 0 Å². The van der Waals surface area contributed by atoms with E-state index in [1.54, 1.807) is 0 Å². The lowest BCUT2D eigenvalue weighted by molar-refractivity contribution is 0.102. The lowest BCUT2D eigenvalue weighted by atomic mass is 10.1. The number of nitrogens with one attached hydrogen (secondary N) is 1. The Labute approximate surface area is 119 Å². The summed E-state index contributed by atoms with van der Waals surface area (Å²) in [6.07, 6.45) is 0. The summed E-state index contributed by atoms with van der Waals surface area (Å²) in [4.78, 5) is 12.0. The summed E-state index contributed by atoms with van der Waals surface area (Å²) in [6.45, 7) is 0. The van der Waals surface area contributed by atoms with E-state index >= 15 is 0 Å². The van der Waals surface area contributed by atoms with E-state index in [1.807, 2.05) is 6.07 Å². The van der Waals surface area contributed by atoms with E-state index in [4.69, 9.17) is 16.9 Å². The van der Waals surface area contributed by atoms with E-state index in [0.717, 1.165) is 6.07 Å². The zero-order chi connectivity index (χ0) is 14.7. The summed E-state index contributed by atoms with van der Waals surface area (Å²) in [6, 6.07) is 9.91. The molecule has 0 atom stereocenters. The summed E-state index contributed by atoms with van der Waals surface area (Å²) in [5, 5.41) is 30.3. The number of anilines is 1. The summed E-state index contributed by atoms with van der Waals surface area (Å²) in [7, 11) is 0. The van der Waals surface area contributed by atoms with Gasteiger partial charge in [-0.05, 0) is 30.3 Å². The minimum atomic E-state index is -0.562. The Balaban J connectivity index is 2.30. The quantitative estimate of drug-likeness (QED) is 0.792. The molecule has 100 valence electrons. The number of nitrogens with zero attached hydrogens (tertiary/aromatic N) is 1. The van der Waals surface area contributed by atoms with Crippen LogP contribution < -0.4 is 5.32 Å². The molecule has 0 heterocycles. The first-order valence-electron chi connectivity index (χ1n) is 5.53. The van der Waals surface area contributed by atoms with Gasteiger partial charge in [0.15, 0.2) is 0 Å². The van der Waals surface area contributed by atoms with Crippen molar-refractivity contribution in [2.75, 3.05) is 5.32 Å². The fourth-order valence-corrected chi connectivity index (χ4v) is 1.78. The molecule has 0 spiro atoms. The molecule has 0 saturated carbocycles. The molecule has 2 rings (SSSR count). The molecule has 2 aromatic rings. The lowest BCUT2D eigenvalue weighted by Crippen LogP contribution is -2.12. The van der Waals surface area contributed by atoms with Gasteiger partial charge in [-0.2, -0.15) is 5.26 Å². The van der Waals surface area contributed by atoms with Crippen LogP contribution in [0.15, 0.2) is 36.4 Å². The summed E-state index contributed by atoms with van der Waals surface area (Å²) in [5.74, 6) is -1.02. The van der Waals surface area contributed by atoms with E-state index < -0.39 is 5.91 Å². The normalized spacial score (nSPS) is 9.80. The van der Waals surface area contributed by atoms with Crippen LogP contribution in [0.1, 0.15) is 15.9 Å². The second-order valence-electron chi connectivity index (χ2n) is 4.00. The van der Waals surface area contributed by atoms with Crippen molar-refractivity contribution in [2.45, 2.75) is 0 Å². The molecule has 0 unspecified atom stereocenters. The highest BCUT2D eigenvalue weighted by Crippen LogP contribution is 2.25. The Kier molecular flexibility index (Phi) is 3.78. The Morgan fingerprint density at radius 1 is 1.15 bits per heavy atom. The van der Waals surface area contributed by atoms with Crippen molar-refractivity contribution in [3.63, 3.8) is 0 Å². The predicted octanol–water partition coefficient (Wildman–Crippen LogP) is 2.88. The lowest BCUT2D eigenvalue weighted by Gasteiger charge is -2.08. The molecular weight excluding hydrogens is 280 g/mol. The van der Waals surface area contributed by atoms with Crippen LogP contribution in [0, 0.1) is 11.3 Å². The van der Waals surface area contributed by atoms with Gasteiger partial charge in [0.1, 0.15) is 11.5 Å². The Morgan fingerprint density at radius 2 is 1.80 bits per heavy atom. The monoisotopic (exact) mass is 288 g/mol. The number of hydrogen-bond donors (Lipinski definition) is 3. The number of carbonyl (C=O) groups is 1. The average Bonchev–Trinajstić information content (AvgIpc) is 2.40. The first kappa shape index (κ1) is 13.7. The minimum Gasteiger partial charge on any atom is -0.508 e. The first-order chi connectivity index (χ1) is 9.49. The van der Waals surface area contributed by atoms with Gasteiger partial charge < -0.3 is 15.5 Å². The fraction of sp³-hybridized carbons (Fsp3) is 0. The van der Waals surface area contributed by atoms with Gasteiger partial charge in [-0.25, -0.2) is 0 Å². The van der Waals surface area contributed by atoms with Crippen molar-refractivity contribution in [2.24, 2.45) is 0 Å². The molecule has 5 nitrogen and oxygen atoms in total. The maximum Gasteiger partial charge on any atom is 0.255 e. The number of aromatic hydroxyl groups is 2. The summed E-state index contributed by atoms with van der Waals surface area (Å²) in [5.41, 5.74) is 0.697. The van der Waals surface area contributed by atoms with Crippen molar-refractivity contribution in [3.05, 3.63) is 52.5 Å². The van der Waals surface area contributed by atoms with Crippen LogP contribution in [0.5, 0.6) is 11.5 Å². The number of phenols is 2. The van der Waals surface area contributed by atoms with Gasteiger partial charge in [-0.15, -0.1) is 0 Å². The van der Waals surface area contributed by atoms with E-state index in [-0.39, 0.29) is 27.8 Å². The largest absolute Gasteiger partial charge is 0.508 e. The molecule has 0 fully saturated rings. The fourth-order valence-electron chi connectivity index (χ4n) is 1.61. The molecule has 0 radical (unpaired) electrons. The third kappa shape index (κ3) is 2.99. The molecule has 0 aliphatic heterocycles. The third-order valence-corrected chi connectivity index (χ3v) is 2.84. The SMILES string of the molecule is N#Cc1ccc(Cl)c(NC(=O)c2cc(O)cc(O)c2)c1. The number of phenolic OH excluding ortho intramolecular Hbond substituents is 2. The maximum absolute atomic E-state index is 12.0. The van der Waals surface area contributed by atoms with E-state index in [9.17, 15) is 15.0 Å². The number of hydrogen-bond acceptors (Lipinski definition) is 4. The topological polar surface area (TPSA) is 93.4 Å². The van der Waals surface area contributed by atoms with Crippen molar-refractivity contribution in [3.8, 4) is 17.6 Å². The zero-order valence-corrected chi connectivity index (χ0v) is 10.8. The number of benzene rings is 2. The average molecular weight is 289 g/mol. The Hall–Kier alpha value is -2.71. The van der Waals surface area contributed by atoms with Crippen LogP contribution in [0.3, 0.4) is 0 Å². The number of carbonyl (C=O) groups excluding carboxylic acids is 1. The molecule has 0 aliphatic carbocycles. The molecule has 2 aromatic carbocycles. The van der Waals surface area contributed by atoms with E-state index in [0.29, 0.717) is 5.56 Å². The van der Waals surface area contributed by atoms with Gasteiger partial charge in [0.25, 0.3) is 5.91 Å². The Bertz CT molecular complexity index is 703. The Morgan fingerprint density at radius 3 is 2.40 bits per heavy atom. The van der Waals surface area contributed by atoms with Crippen LogP contribution in [-0.2, 0) is 0 Å². The molecule has 6 heteroatoms. The van der Waals surface area contributed by atoms with E-state index in [2.05, 4.69) is 5.32 Å². The molecule has 0 bridgehead atoms. The molecule has 0 saturated heterocycles. The molecule has 1 amide bonds. The molecule has 0 aliphatic rings. The van der Waals surface area contributed by atoms with Crippen LogP contribution in [-0.4, -0.2) is 16.1 Å². The maximum atomic E-state index is 12.0. The van der Waals surface area contributed by atoms with Gasteiger partial charge in [-0.1, -0.05) is 11.6 Å². The van der Waals surface area contributed by atoms with Crippen molar-refractivity contribution < 1.29 is 15.0 Å². The first-order valence-corrected chi connectivity index (χ1v) is 5.91.